The van der Waals surface area contributed by atoms with Crippen LogP contribution in [0.25, 0.3) is 5.69 Å². The van der Waals surface area contributed by atoms with Gasteiger partial charge in [0.1, 0.15) is 5.69 Å². The zero-order chi connectivity index (χ0) is 15.4. The van der Waals surface area contributed by atoms with Crippen molar-refractivity contribution in [3.8, 4) is 17.6 Å². The Hall–Kier alpha value is -2.64. The Morgan fingerprint density at radius 3 is 2.71 bits per heavy atom. The molecule has 0 fully saturated rings. The quantitative estimate of drug-likeness (QED) is 0.764. The molecular formula is C13H16N4O4. The van der Waals surface area contributed by atoms with Gasteiger partial charge in [-0.1, -0.05) is 0 Å². The highest BCUT2D eigenvalue weighted by molar-refractivity contribution is 5.87. The highest BCUT2D eigenvalue weighted by Crippen LogP contribution is 2.23. The summed E-state index contributed by atoms with van der Waals surface area (Å²) < 4.78 is 16.6. The van der Waals surface area contributed by atoms with Gasteiger partial charge in [-0.05, 0) is 19.9 Å². The molecule has 8 nitrogen and oxygen atoms in total. The van der Waals surface area contributed by atoms with Crippen molar-refractivity contribution in [1.82, 2.24) is 19.7 Å². The topological polar surface area (TPSA) is 88.4 Å². The first kappa shape index (κ1) is 14.8. The Labute approximate surface area is 121 Å². The summed E-state index contributed by atoms with van der Waals surface area (Å²) in [5.41, 5.74) is 1.45. The van der Waals surface area contributed by atoms with Crippen LogP contribution >= 0.6 is 0 Å². The highest BCUT2D eigenvalue weighted by Gasteiger charge is 2.18. The number of rotatable bonds is 5. The van der Waals surface area contributed by atoms with E-state index in [1.54, 1.807) is 19.9 Å². The molecule has 8 heteroatoms. The van der Waals surface area contributed by atoms with E-state index in [1.807, 2.05) is 0 Å². The molecule has 0 amide bonds. The van der Waals surface area contributed by atoms with E-state index < -0.39 is 5.97 Å². The monoisotopic (exact) mass is 292 g/mol. The van der Waals surface area contributed by atoms with Crippen molar-refractivity contribution >= 4 is 5.97 Å². The van der Waals surface area contributed by atoms with Crippen LogP contribution < -0.4 is 9.47 Å². The molecule has 0 atom stereocenters. The second-order valence-corrected chi connectivity index (χ2v) is 4.05. The number of aromatic nitrogens is 4. The summed E-state index contributed by atoms with van der Waals surface area (Å²) in [5.74, 6) is -0.184. The third kappa shape index (κ3) is 2.93. The van der Waals surface area contributed by atoms with Crippen molar-refractivity contribution in [1.29, 1.82) is 0 Å². The SMILES string of the molecule is CCOC(=O)c1cc(C)n(-c2cnc(OC)nc2OC)n1. The molecule has 0 bridgehead atoms. The Morgan fingerprint density at radius 1 is 1.33 bits per heavy atom. The Balaban J connectivity index is 2.45. The van der Waals surface area contributed by atoms with E-state index in [4.69, 9.17) is 14.2 Å². The van der Waals surface area contributed by atoms with Crippen LogP contribution in [0.2, 0.25) is 0 Å². The van der Waals surface area contributed by atoms with Crippen LogP contribution in [0.15, 0.2) is 12.3 Å². The molecule has 2 aromatic rings. The van der Waals surface area contributed by atoms with Crippen LogP contribution in [0.4, 0.5) is 0 Å². The summed E-state index contributed by atoms with van der Waals surface area (Å²) >= 11 is 0. The van der Waals surface area contributed by atoms with Crippen LogP contribution in [-0.4, -0.2) is 46.5 Å². The molecule has 0 spiro atoms. The van der Waals surface area contributed by atoms with Gasteiger partial charge in [-0.15, -0.1) is 0 Å². The minimum Gasteiger partial charge on any atom is -0.479 e. The van der Waals surface area contributed by atoms with Gasteiger partial charge in [-0.25, -0.2) is 14.5 Å². The van der Waals surface area contributed by atoms with Gasteiger partial charge in [0.25, 0.3) is 0 Å². The van der Waals surface area contributed by atoms with E-state index >= 15 is 0 Å². The molecule has 21 heavy (non-hydrogen) atoms. The third-order valence-corrected chi connectivity index (χ3v) is 2.69. The molecule has 0 aliphatic rings. The summed E-state index contributed by atoms with van der Waals surface area (Å²) in [6.07, 6.45) is 1.51. The molecule has 0 saturated heterocycles. The highest BCUT2D eigenvalue weighted by atomic mass is 16.5. The molecule has 0 radical (unpaired) electrons. The maximum absolute atomic E-state index is 11.7. The standard InChI is InChI=1S/C13H16N4O4/c1-5-21-12(18)9-6-8(2)17(16-9)10-7-14-13(20-4)15-11(10)19-3/h6-7H,5H2,1-4H3. The van der Waals surface area contributed by atoms with Crippen LogP contribution in [0.1, 0.15) is 23.1 Å². The predicted molar refractivity (Wildman–Crippen MR) is 73.0 cm³/mol. The fourth-order valence-corrected chi connectivity index (χ4v) is 1.76. The molecule has 0 aliphatic carbocycles. The van der Waals surface area contributed by atoms with Gasteiger partial charge in [-0.2, -0.15) is 10.1 Å². The minimum absolute atomic E-state index is 0.186. The lowest BCUT2D eigenvalue weighted by Gasteiger charge is -2.09. The Bertz CT molecular complexity index is 654. The molecule has 112 valence electrons. The third-order valence-electron chi connectivity index (χ3n) is 2.69. The van der Waals surface area contributed by atoms with Crippen LogP contribution in [0, 0.1) is 6.92 Å². The molecule has 0 aliphatic heterocycles. The summed E-state index contributed by atoms with van der Waals surface area (Å²) in [6, 6.07) is 1.81. The summed E-state index contributed by atoms with van der Waals surface area (Å²) in [5, 5.41) is 4.20. The molecule has 2 rings (SSSR count). The van der Waals surface area contributed by atoms with Crippen molar-refractivity contribution < 1.29 is 19.0 Å². The Morgan fingerprint density at radius 2 is 2.10 bits per heavy atom. The summed E-state index contributed by atoms with van der Waals surface area (Å²) in [6.45, 7) is 3.83. The lowest BCUT2D eigenvalue weighted by atomic mass is 10.3. The molecule has 0 saturated carbocycles. The maximum atomic E-state index is 11.7. The molecule has 0 N–H and O–H groups in total. The fourth-order valence-electron chi connectivity index (χ4n) is 1.76. The number of hydrogen-bond donors (Lipinski definition) is 0. The van der Waals surface area contributed by atoms with E-state index in [2.05, 4.69) is 15.1 Å². The lowest BCUT2D eigenvalue weighted by molar-refractivity contribution is 0.0519. The number of methoxy groups -OCH3 is 2. The van der Waals surface area contributed by atoms with Crippen molar-refractivity contribution in [2.24, 2.45) is 0 Å². The van der Waals surface area contributed by atoms with E-state index in [9.17, 15) is 4.79 Å². The second-order valence-electron chi connectivity index (χ2n) is 4.05. The zero-order valence-electron chi connectivity index (χ0n) is 12.3. The molecular weight excluding hydrogens is 276 g/mol. The number of esters is 1. The lowest BCUT2D eigenvalue weighted by Crippen LogP contribution is -2.08. The molecule has 2 heterocycles. The van der Waals surface area contributed by atoms with Gasteiger partial charge in [-0.3, -0.25) is 0 Å². The molecule has 0 aromatic carbocycles. The summed E-state index contributed by atoms with van der Waals surface area (Å²) in [7, 11) is 2.95. The average molecular weight is 292 g/mol. The van der Waals surface area contributed by atoms with E-state index in [0.717, 1.165) is 5.69 Å². The van der Waals surface area contributed by atoms with Crippen molar-refractivity contribution in [3.63, 3.8) is 0 Å². The zero-order valence-corrected chi connectivity index (χ0v) is 12.3. The number of aryl methyl sites for hydroxylation is 1. The number of carbonyl (C=O) groups is 1. The number of hydrogen-bond acceptors (Lipinski definition) is 7. The van der Waals surface area contributed by atoms with Crippen LogP contribution in [-0.2, 0) is 4.74 Å². The van der Waals surface area contributed by atoms with Crippen molar-refractivity contribution in [2.75, 3.05) is 20.8 Å². The smallest absolute Gasteiger partial charge is 0.358 e. The van der Waals surface area contributed by atoms with Crippen molar-refractivity contribution in [2.45, 2.75) is 13.8 Å². The van der Waals surface area contributed by atoms with E-state index in [-0.39, 0.29) is 11.7 Å². The number of carbonyl (C=O) groups excluding carboxylic acids is 1. The number of nitrogens with zero attached hydrogens (tertiary/aromatic N) is 4. The fraction of sp³-hybridized carbons (Fsp3) is 0.385. The van der Waals surface area contributed by atoms with Gasteiger partial charge in [0.2, 0.25) is 5.88 Å². The Kier molecular flexibility index (Phi) is 4.36. The van der Waals surface area contributed by atoms with Gasteiger partial charge in [0, 0.05) is 5.69 Å². The normalized spacial score (nSPS) is 10.3. The average Bonchev–Trinajstić information content (AvgIpc) is 2.88. The van der Waals surface area contributed by atoms with Gasteiger partial charge < -0.3 is 14.2 Å². The maximum Gasteiger partial charge on any atom is 0.358 e. The largest absolute Gasteiger partial charge is 0.479 e. The van der Waals surface area contributed by atoms with Crippen molar-refractivity contribution in [3.05, 3.63) is 23.7 Å². The predicted octanol–water partition coefficient (Wildman–Crippen LogP) is 1.16. The summed E-state index contributed by atoms with van der Waals surface area (Å²) in [4.78, 5) is 19.8. The van der Waals surface area contributed by atoms with Gasteiger partial charge >= 0.3 is 12.0 Å². The van der Waals surface area contributed by atoms with Crippen LogP contribution in [0.5, 0.6) is 11.9 Å². The van der Waals surface area contributed by atoms with E-state index in [1.165, 1.54) is 25.1 Å². The molecule has 2 aromatic heterocycles. The van der Waals surface area contributed by atoms with Gasteiger partial charge in [0.05, 0.1) is 27.0 Å². The first-order valence-electron chi connectivity index (χ1n) is 6.29. The first-order chi connectivity index (χ1) is 10.1. The van der Waals surface area contributed by atoms with Gasteiger partial charge in [0.15, 0.2) is 5.69 Å². The van der Waals surface area contributed by atoms with Crippen LogP contribution in [0.3, 0.4) is 0 Å². The van der Waals surface area contributed by atoms with E-state index in [0.29, 0.717) is 18.2 Å². The minimum atomic E-state index is -0.479. The second kappa shape index (κ2) is 6.21. The first-order valence-corrected chi connectivity index (χ1v) is 6.29. The number of ether oxygens (including phenoxy) is 3. The molecule has 0 unspecified atom stereocenters.